The number of amides is 1. The van der Waals surface area contributed by atoms with Crippen molar-refractivity contribution in [2.24, 2.45) is 0 Å². The molecular weight excluding hydrogens is 344 g/mol. The summed E-state index contributed by atoms with van der Waals surface area (Å²) in [6.07, 6.45) is -0.703. The molecule has 2 atom stereocenters. The first-order valence-electron chi connectivity index (χ1n) is 8.79. The lowest BCUT2D eigenvalue weighted by atomic mass is 10.0. The van der Waals surface area contributed by atoms with Gasteiger partial charge in [0.2, 0.25) is 0 Å². The zero-order valence-corrected chi connectivity index (χ0v) is 14.8. The third-order valence-electron chi connectivity index (χ3n) is 4.26. The number of rotatable bonds is 7. The Hall–Kier alpha value is -2.96. The number of aliphatic hydroxyl groups is 2. The van der Waals surface area contributed by atoms with Gasteiger partial charge in [0.1, 0.15) is 12.7 Å². The highest BCUT2D eigenvalue weighted by Gasteiger charge is 2.19. The molecular formula is C21H22N2O4. The van der Waals surface area contributed by atoms with Crippen LogP contribution in [0, 0.1) is 0 Å². The number of pyridine rings is 1. The SMILES string of the molecule is O=C(NCCC(O)C(O)c1ccc2ncccc2c1)OCc1ccccc1. The largest absolute Gasteiger partial charge is 0.445 e. The topological polar surface area (TPSA) is 91.7 Å². The number of ether oxygens (including phenoxy) is 1. The Labute approximate surface area is 157 Å². The average Bonchev–Trinajstić information content (AvgIpc) is 2.72. The molecule has 0 aliphatic rings. The van der Waals surface area contributed by atoms with Gasteiger partial charge in [0.05, 0.1) is 11.6 Å². The van der Waals surface area contributed by atoms with E-state index in [0.717, 1.165) is 16.5 Å². The van der Waals surface area contributed by atoms with Crippen LogP contribution in [0.15, 0.2) is 66.9 Å². The Morgan fingerprint density at radius 1 is 1.07 bits per heavy atom. The third-order valence-corrected chi connectivity index (χ3v) is 4.26. The number of benzene rings is 2. The highest BCUT2D eigenvalue weighted by Crippen LogP contribution is 2.22. The Bertz CT molecular complexity index is 885. The van der Waals surface area contributed by atoms with E-state index in [2.05, 4.69) is 10.3 Å². The summed E-state index contributed by atoms with van der Waals surface area (Å²) in [5.41, 5.74) is 2.33. The van der Waals surface area contributed by atoms with E-state index in [1.807, 2.05) is 42.5 Å². The van der Waals surface area contributed by atoms with E-state index >= 15 is 0 Å². The second-order valence-corrected chi connectivity index (χ2v) is 6.24. The number of hydrogen-bond acceptors (Lipinski definition) is 5. The van der Waals surface area contributed by atoms with Crippen molar-refractivity contribution in [3.05, 3.63) is 78.0 Å². The molecule has 1 heterocycles. The molecule has 6 nitrogen and oxygen atoms in total. The quantitative estimate of drug-likeness (QED) is 0.598. The molecule has 3 aromatic rings. The highest BCUT2D eigenvalue weighted by atomic mass is 16.5. The first-order chi connectivity index (χ1) is 13.1. The van der Waals surface area contributed by atoms with Gasteiger partial charge in [0, 0.05) is 18.1 Å². The van der Waals surface area contributed by atoms with E-state index in [1.165, 1.54) is 0 Å². The Kier molecular flexibility index (Phi) is 6.35. The molecule has 0 fully saturated rings. The molecule has 0 saturated heterocycles. The van der Waals surface area contributed by atoms with Crippen molar-refractivity contribution in [1.29, 1.82) is 0 Å². The zero-order chi connectivity index (χ0) is 19.1. The summed E-state index contributed by atoms with van der Waals surface area (Å²) in [6, 6.07) is 18.4. The number of aliphatic hydroxyl groups excluding tert-OH is 2. The summed E-state index contributed by atoms with van der Waals surface area (Å²) in [4.78, 5) is 15.9. The molecule has 0 aliphatic heterocycles. The molecule has 2 unspecified atom stereocenters. The lowest BCUT2D eigenvalue weighted by Gasteiger charge is -2.18. The van der Waals surface area contributed by atoms with Gasteiger partial charge >= 0.3 is 6.09 Å². The van der Waals surface area contributed by atoms with Crippen LogP contribution in [-0.4, -0.2) is 33.9 Å². The molecule has 0 radical (unpaired) electrons. The van der Waals surface area contributed by atoms with Crippen molar-refractivity contribution in [2.45, 2.75) is 25.2 Å². The van der Waals surface area contributed by atoms with Crippen molar-refractivity contribution in [3.8, 4) is 0 Å². The molecule has 0 bridgehead atoms. The second kappa shape index (κ2) is 9.12. The maximum Gasteiger partial charge on any atom is 0.407 e. The summed E-state index contributed by atoms with van der Waals surface area (Å²) in [6.45, 7) is 0.379. The zero-order valence-electron chi connectivity index (χ0n) is 14.8. The molecule has 0 aliphatic carbocycles. The van der Waals surface area contributed by atoms with Gasteiger partial charge in [-0.15, -0.1) is 0 Å². The number of hydrogen-bond donors (Lipinski definition) is 3. The van der Waals surface area contributed by atoms with Crippen molar-refractivity contribution in [3.63, 3.8) is 0 Å². The standard InChI is InChI=1S/C21H22N2O4/c24-19(10-12-23-21(26)27-14-15-5-2-1-3-6-15)20(25)17-8-9-18-16(13-17)7-4-11-22-18/h1-9,11,13,19-20,24-25H,10,12,14H2,(H,23,26). The first kappa shape index (κ1) is 18.8. The maximum atomic E-state index is 11.7. The fourth-order valence-electron chi connectivity index (χ4n) is 2.75. The van der Waals surface area contributed by atoms with Crippen LogP contribution in [0.4, 0.5) is 4.79 Å². The highest BCUT2D eigenvalue weighted by molar-refractivity contribution is 5.79. The molecule has 2 aromatic carbocycles. The Balaban J connectivity index is 1.45. The van der Waals surface area contributed by atoms with E-state index in [4.69, 9.17) is 4.74 Å². The van der Waals surface area contributed by atoms with Crippen LogP contribution in [0.5, 0.6) is 0 Å². The number of nitrogens with zero attached hydrogens (tertiary/aromatic N) is 1. The molecule has 6 heteroatoms. The fourth-order valence-corrected chi connectivity index (χ4v) is 2.75. The van der Waals surface area contributed by atoms with Crippen molar-refractivity contribution < 1.29 is 19.7 Å². The lowest BCUT2D eigenvalue weighted by molar-refractivity contribution is 0.0137. The van der Waals surface area contributed by atoms with Crippen LogP contribution in [0.25, 0.3) is 10.9 Å². The maximum absolute atomic E-state index is 11.7. The molecule has 1 amide bonds. The van der Waals surface area contributed by atoms with Gasteiger partial charge in [0.25, 0.3) is 0 Å². The van der Waals surface area contributed by atoms with Crippen LogP contribution < -0.4 is 5.32 Å². The van der Waals surface area contributed by atoms with E-state index < -0.39 is 18.3 Å². The molecule has 1 aromatic heterocycles. The number of nitrogens with one attached hydrogen (secondary N) is 1. The van der Waals surface area contributed by atoms with E-state index in [9.17, 15) is 15.0 Å². The van der Waals surface area contributed by atoms with E-state index in [-0.39, 0.29) is 19.6 Å². The summed E-state index contributed by atoms with van der Waals surface area (Å²) >= 11 is 0. The summed E-state index contributed by atoms with van der Waals surface area (Å²) < 4.78 is 5.10. The van der Waals surface area contributed by atoms with Gasteiger partial charge < -0.3 is 20.3 Å². The third kappa shape index (κ3) is 5.26. The number of aromatic nitrogens is 1. The van der Waals surface area contributed by atoms with Crippen LogP contribution in [0.1, 0.15) is 23.7 Å². The van der Waals surface area contributed by atoms with Gasteiger partial charge in [0.15, 0.2) is 0 Å². The van der Waals surface area contributed by atoms with Gasteiger partial charge in [-0.25, -0.2) is 4.79 Å². The fraction of sp³-hybridized carbons (Fsp3) is 0.238. The molecule has 0 saturated carbocycles. The van der Waals surface area contributed by atoms with Gasteiger partial charge in [-0.05, 0) is 35.7 Å². The summed E-state index contributed by atoms with van der Waals surface area (Å²) in [5.74, 6) is 0. The monoisotopic (exact) mass is 366 g/mol. The molecule has 0 spiro atoms. The normalized spacial score (nSPS) is 13.1. The first-order valence-corrected chi connectivity index (χ1v) is 8.79. The van der Waals surface area contributed by atoms with E-state index in [0.29, 0.717) is 5.56 Å². The van der Waals surface area contributed by atoms with Gasteiger partial charge in [-0.3, -0.25) is 4.98 Å². The number of carbonyl (C=O) groups is 1. The minimum Gasteiger partial charge on any atom is -0.445 e. The number of carbonyl (C=O) groups excluding carboxylic acids is 1. The second-order valence-electron chi connectivity index (χ2n) is 6.24. The average molecular weight is 366 g/mol. The van der Waals surface area contributed by atoms with Crippen LogP contribution in [0.2, 0.25) is 0 Å². The van der Waals surface area contributed by atoms with Crippen LogP contribution in [-0.2, 0) is 11.3 Å². The van der Waals surface area contributed by atoms with Gasteiger partial charge in [-0.2, -0.15) is 0 Å². The molecule has 3 N–H and O–H groups in total. The summed E-state index contributed by atoms with van der Waals surface area (Å²) in [7, 11) is 0. The minimum atomic E-state index is -1.04. The van der Waals surface area contributed by atoms with Crippen LogP contribution >= 0.6 is 0 Å². The smallest absolute Gasteiger partial charge is 0.407 e. The summed E-state index contributed by atoms with van der Waals surface area (Å²) in [5, 5.41) is 24.0. The van der Waals surface area contributed by atoms with Gasteiger partial charge in [-0.1, -0.05) is 42.5 Å². The minimum absolute atomic E-state index is 0.184. The van der Waals surface area contributed by atoms with Crippen molar-refractivity contribution >= 4 is 17.0 Å². The Morgan fingerprint density at radius 2 is 1.89 bits per heavy atom. The predicted molar refractivity (Wildman–Crippen MR) is 102 cm³/mol. The van der Waals surface area contributed by atoms with Crippen molar-refractivity contribution in [2.75, 3.05) is 6.54 Å². The number of fused-ring (bicyclic) bond motifs is 1. The van der Waals surface area contributed by atoms with Crippen molar-refractivity contribution in [1.82, 2.24) is 10.3 Å². The predicted octanol–water partition coefficient (Wildman–Crippen LogP) is 2.95. The van der Waals surface area contributed by atoms with Crippen LogP contribution in [0.3, 0.4) is 0 Å². The Morgan fingerprint density at radius 3 is 2.70 bits per heavy atom. The molecule has 140 valence electrons. The van der Waals surface area contributed by atoms with E-state index in [1.54, 1.807) is 24.4 Å². The molecule has 3 rings (SSSR count). The lowest BCUT2D eigenvalue weighted by Crippen LogP contribution is -2.29. The molecule has 27 heavy (non-hydrogen) atoms. The number of alkyl carbamates (subject to hydrolysis) is 1.